The average molecular weight is 354 g/mol. The molecule has 0 aliphatic carbocycles. The van der Waals surface area contributed by atoms with Crippen molar-refractivity contribution in [2.24, 2.45) is 0 Å². The van der Waals surface area contributed by atoms with Crippen LogP contribution in [0.5, 0.6) is 0 Å². The molecular weight excluding hydrogens is 322 g/mol. The first-order valence-corrected chi connectivity index (χ1v) is 9.94. The molecule has 0 aromatic carbocycles. The molecule has 1 heterocycles. The van der Waals surface area contributed by atoms with Crippen molar-refractivity contribution >= 4 is 28.3 Å². The van der Waals surface area contributed by atoms with Gasteiger partial charge in [-0.1, -0.05) is 46.0 Å². The van der Waals surface area contributed by atoms with Crippen LogP contribution in [-0.2, 0) is 9.59 Å². The van der Waals surface area contributed by atoms with Crippen LogP contribution in [0.3, 0.4) is 0 Å². The molecule has 0 aliphatic heterocycles. The summed E-state index contributed by atoms with van der Waals surface area (Å²) in [5.74, 6) is -0.0737. The Morgan fingerprint density at radius 1 is 1.12 bits per heavy atom. The minimum atomic E-state index is -0.164. The number of nitrogens with zero attached hydrogens (tertiary/aromatic N) is 2. The molecule has 0 atom stereocenters. The Labute approximate surface area is 149 Å². The van der Waals surface area contributed by atoms with Crippen LogP contribution in [-0.4, -0.2) is 34.8 Å². The normalized spacial score (nSPS) is 10.6. The van der Waals surface area contributed by atoms with Crippen LogP contribution in [0.1, 0.15) is 70.9 Å². The molecule has 6 heteroatoms. The van der Waals surface area contributed by atoms with Gasteiger partial charge in [-0.25, -0.2) is 4.98 Å². The smallest absolute Gasteiger partial charge is 0.245 e. The number of rotatable bonds is 12. The minimum absolute atomic E-state index is 0.0904. The van der Waals surface area contributed by atoms with Gasteiger partial charge >= 0.3 is 0 Å². The predicted octanol–water partition coefficient (Wildman–Crippen LogP) is 4.38. The van der Waals surface area contributed by atoms with Gasteiger partial charge in [0.2, 0.25) is 11.8 Å². The van der Waals surface area contributed by atoms with Gasteiger partial charge in [0, 0.05) is 18.3 Å². The van der Waals surface area contributed by atoms with Crippen molar-refractivity contribution in [3.05, 3.63) is 11.1 Å². The second-order valence-corrected chi connectivity index (χ2v) is 7.03. The highest BCUT2D eigenvalue weighted by atomic mass is 32.1. The maximum atomic E-state index is 12.4. The van der Waals surface area contributed by atoms with E-state index in [1.54, 1.807) is 4.90 Å². The summed E-state index contributed by atoms with van der Waals surface area (Å²) in [4.78, 5) is 30.6. The van der Waals surface area contributed by atoms with Crippen LogP contribution in [0.15, 0.2) is 5.38 Å². The van der Waals surface area contributed by atoms with Crippen molar-refractivity contribution in [2.75, 3.05) is 18.4 Å². The molecular formula is C18H31N3O2S. The largest absolute Gasteiger partial charge is 0.333 e. The molecule has 0 fully saturated rings. The van der Waals surface area contributed by atoms with Crippen molar-refractivity contribution in [3.63, 3.8) is 0 Å². The number of aryl methyl sites for hydroxylation is 1. The number of unbranched alkanes of at least 4 members (excludes halogenated alkanes) is 5. The third-order valence-corrected chi connectivity index (χ3v) is 4.70. The second-order valence-electron chi connectivity index (χ2n) is 6.18. The molecule has 1 rings (SSSR count). The summed E-state index contributed by atoms with van der Waals surface area (Å²) in [7, 11) is 0. The molecule has 0 unspecified atom stereocenters. The highest BCUT2D eigenvalue weighted by Crippen LogP contribution is 2.14. The zero-order chi connectivity index (χ0) is 17.8. The molecule has 0 saturated carbocycles. The van der Waals surface area contributed by atoms with Gasteiger partial charge in [-0.15, -0.1) is 11.3 Å². The number of hydrogen-bond donors (Lipinski definition) is 1. The fourth-order valence-electron chi connectivity index (χ4n) is 2.45. The lowest BCUT2D eigenvalue weighted by Crippen LogP contribution is -2.38. The molecule has 0 bridgehead atoms. The van der Waals surface area contributed by atoms with Crippen molar-refractivity contribution in [3.8, 4) is 0 Å². The van der Waals surface area contributed by atoms with Crippen molar-refractivity contribution in [1.82, 2.24) is 9.88 Å². The first-order chi connectivity index (χ1) is 11.6. The van der Waals surface area contributed by atoms with Gasteiger partial charge in [0.1, 0.15) is 0 Å². The third-order valence-electron chi connectivity index (χ3n) is 3.83. The van der Waals surface area contributed by atoms with Crippen LogP contribution in [0, 0.1) is 6.92 Å². The van der Waals surface area contributed by atoms with E-state index in [1.165, 1.54) is 11.3 Å². The van der Waals surface area contributed by atoms with Crippen LogP contribution in [0.4, 0.5) is 5.13 Å². The number of carbonyl (C=O) groups is 2. The molecule has 2 amide bonds. The van der Waals surface area contributed by atoms with Crippen LogP contribution >= 0.6 is 11.3 Å². The first-order valence-electron chi connectivity index (χ1n) is 9.06. The Hall–Kier alpha value is -1.43. The standard InChI is InChI=1S/C18H31N3O2S/c1-4-6-8-9-11-17(23)21(12-10-7-5-2)13-16(22)20-18-19-15(3)14-24-18/h14H,4-13H2,1-3H3,(H,19,20,22). The summed E-state index contributed by atoms with van der Waals surface area (Å²) in [5.41, 5.74) is 0.891. The number of amides is 2. The molecule has 1 aromatic heterocycles. The summed E-state index contributed by atoms with van der Waals surface area (Å²) in [6.45, 7) is 6.96. The van der Waals surface area contributed by atoms with Gasteiger partial charge in [-0.3, -0.25) is 9.59 Å². The van der Waals surface area contributed by atoms with E-state index in [9.17, 15) is 9.59 Å². The number of nitrogens with one attached hydrogen (secondary N) is 1. The number of thiazole rings is 1. The lowest BCUT2D eigenvalue weighted by molar-refractivity contribution is -0.134. The Kier molecular flexibility index (Phi) is 10.3. The van der Waals surface area contributed by atoms with Crippen LogP contribution in [0.25, 0.3) is 0 Å². The lowest BCUT2D eigenvalue weighted by atomic mass is 10.1. The van der Waals surface area contributed by atoms with E-state index in [-0.39, 0.29) is 18.4 Å². The summed E-state index contributed by atoms with van der Waals surface area (Å²) in [6.07, 6.45) is 7.96. The summed E-state index contributed by atoms with van der Waals surface area (Å²) in [6, 6.07) is 0. The van der Waals surface area contributed by atoms with Crippen molar-refractivity contribution < 1.29 is 9.59 Å². The van der Waals surface area contributed by atoms with E-state index in [4.69, 9.17) is 0 Å². The van der Waals surface area contributed by atoms with E-state index in [0.29, 0.717) is 18.1 Å². The van der Waals surface area contributed by atoms with Crippen LogP contribution < -0.4 is 5.32 Å². The Bertz CT molecular complexity index is 502. The van der Waals surface area contributed by atoms with E-state index in [2.05, 4.69) is 24.1 Å². The molecule has 24 heavy (non-hydrogen) atoms. The minimum Gasteiger partial charge on any atom is -0.333 e. The molecule has 1 aromatic rings. The van der Waals surface area contributed by atoms with Gasteiger partial charge in [-0.05, 0) is 19.8 Å². The van der Waals surface area contributed by atoms with Gasteiger partial charge in [0.15, 0.2) is 5.13 Å². The molecule has 0 radical (unpaired) electrons. The quantitative estimate of drug-likeness (QED) is 0.567. The lowest BCUT2D eigenvalue weighted by Gasteiger charge is -2.22. The molecule has 1 N–H and O–H groups in total. The van der Waals surface area contributed by atoms with Gasteiger partial charge < -0.3 is 10.2 Å². The highest BCUT2D eigenvalue weighted by molar-refractivity contribution is 7.13. The number of aromatic nitrogens is 1. The van der Waals surface area contributed by atoms with Crippen molar-refractivity contribution in [1.29, 1.82) is 0 Å². The van der Waals surface area contributed by atoms with Crippen molar-refractivity contribution in [2.45, 2.75) is 72.1 Å². The van der Waals surface area contributed by atoms with Gasteiger partial charge in [-0.2, -0.15) is 0 Å². The fraction of sp³-hybridized carbons (Fsp3) is 0.722. The summed E-state index contributed by atoms with van der Waals surface area (Å²) >= 11 is 1.41. The van der Waals surface area contributed by atoms with Gasteiger partial charge in [0.25, 0.3) is 0 Å². The second kappa shape index (κ2) is 12.0. The van der Waals surface area contributed by atoms with E-state index in [1.807, 2.05) is 12.3 Å². The number of carbonyl (C=O) groups excluding carboxylic acids is 2. The maximum absolute atomic E-state index is 12.4. The summed E-state index contributed by atoms with van der Waals surface area (Å²) in [5, 5.41) is 5.28. The fourth-order valence-corrected chi connectivity index (χ4v) is 3.15. The van der Waals surface area contributed by atoms with Crippen LogP contribution in [0.2, 0.25) is 0 Å². The number of anilines is 1. The maximum Gasteiger partial charge on any atom is 0.245 e. The molecule has 5 nitrogen and oxygen atoms in total. The predicted molar refractivity (Wildman–Crippen MR) is 100 cm³/mol. The zero-order valence-corrected chi connectivity index (χ0v) is 16.1. The topological polar surface area (TPSA) is 62.3 Å². The summed E-state index contributed by atoms with van der Waals surface area (Å²) < 4.78 is 0. The molecule has 0 saturated heterocycles. The Morgan fingerprint density at radius 2 is 1.83 bits per heavy atom. The number of hydrogen-bond acceptors (Lipinski definition) is 4. The van der Waals surface area contributed by atoms with Gasteiger partial charge in [0.05, 0.1) is 12.2 Å². The van der Waals surface area contributed by atoms with E-state index in [0.717, 1.165) is 50.6 Å². The van der Waals surface area contributed by atoms with E-state index >= 15 is 0 Å². The SMILES string of the molecule is CCCCCCC(=O)N(CCCCC)CC(=O)Nc1nc(C)cs1. The van der Waals surface area contributed by atoms with E-state index < -0.39 is 0 Å². The Balaban J connectivity index is 2.49. The zero-order valence-electron chi connectivity index (χ0n) is 15.3. The first kappa shape index (κ1) is 20.6. The Morgan fingerprint density at radius 3 is 2.46 bits per heavy atom. The molecule has 0 aliphatic rings. The molecule has 136 valence electrons. The average Bonchev–Trinajstić information content (AvgIpc) is 2.95. The molecule has 0 spiro atoms. The highest BCUT2D eigenvalue weighted by Gasteiger charge is 2.17. The third kappa shape index (κ3) is 8.43. The monoisotopic (exact) mass is 353 g/mol.